The first kappa shape index (κ1) is 17.0. The largest absolute Gasteiger partial charge is 0.390 e. The van der Waals surface area contributed by atoms with E-state index in [9.17, 15) is 9.90 Å². The van der Waals surface area contributed by atoms with Gasteiger partial charge in [-0.3, -0.25) is 4.79 Å². The van der Waals surface area contributed by atoms with Crippen molar-refractivity contribution < 1.29 is 14.6 Å². The minimum absolute atomic E-state index is 0.0307. The van der Waals surface area contributed by atoms with Crippen LogP contribution in [-0.2, 0) is 9.53 Å². The first-order valence-electron chi connectivity index (χ1n) is 10.2. The van der Waals surface area contributed by atoms with Crippen molar-refractivity contribution in [2.75, 3.05) is 6.61 Å². The zero-order valence-corrected chi connectivity index (χ0v) is 15.6. The zero-order valence-electron chi connectivity index (χ0n) is 15.6. The molecule has 0 radical (unpaired) electrons. The number of fused-ring (bicyclic) bond motifs is 5. The van der Waals surface area contributed by atoms with Gasteiger partial charge in [-0.25, -0.2) is 0 Å². The second kappa shape index (κ2) is 5.81. The number of ketones is 1. The van der Waals surface area contributed by atoms with E-state index in [0.717, 1.165) is 25.2 Å². The molecule has 4 rings (SSSR count). The number of hydrogen-bond acceptors (Lipinski definition) is 3. The van der Waals surface area contributed by atoms with Crippen molar-refractivity contribution in [2.24, 2.45) is 34.5 Å². The molecule has 0 heterocycles. The number of rotatable bonds is 2. The molecule has 3 nitrogen and oxygen atoms in total. The van der Waals surface area contributed by atoms with Gasteiger partial charge in [0.25, 0.3) is 0 Å². The number of aliphatic hydroxyl groups is 1. The van der Waals surface area contributed by atoms with E-state index in [0.29, 0.717) is 24.2 Å². The Labute approximate surface area is 146 Å². The Bertz CT molecular complexity index is 517. The van der Waals surface area contributed by atoms with Gasteiger partial charge < -0.3 is 9.84 Å². The molecule has 4 aliphatic carbocycles. The van der Waals surface area contributed by atoms with Crippen LogP contribution < -0.4 is 0 Å². The highest BCUT2D eigenvalue weighted by molar-refractivity contribution is 5.84. The molecule has 24 heavy (non-hydrogen) atoms. The molecular weight excluding hydrogens is 300 g/mol. The van der Waals surface area contributed by atoms with Crippen molar-refractivity contribution in [1.29, 1.82) is 0 Å². The maximum absolute atomic E-state index is 13.3. The Kier molecular flexibility index (Phi) is 4.12. The van der Waals surface area contributed by atoms with E-state index in [-0.39, 0.29) is 29.0 Å². The first-order chi connectivity index (χ1) is 11.4. The molecule has 0 saturated heterocycles. The Morgan fingerprint density at radius 3 is 2.79 bits per heavy atom. The van der Waals surface area contributed by atoms with Gasteiger partial charge in [0.15, 0.2) is 0 Å². The van der Waals surface area contributed by atoms with E-state index >= 15 is 0 Å². The van der Waals surface area contributed by atoms with Gasteiger partial charge in [0.1, 0.15) is 5.78 Å². The molecule has 3 heteroatoms. The molecule has 0 aromatic heterocycles. The average molecular weight is 335 g/mol. The minimum Gasteiger partial charge on any atom is -0.390 e. The van der Waals surface area contributed by atoms with E-state index in [2.05, 4.69) is 13.8 Å². The summed E-state index contributed by atoms with van der Waals surface area (Å²) in [5.74, 6) is 2.55. The second-order valence-corrected chi connectivity index (χ2v) is 9.72. The third-order valence-corrected chi connectivity index (χ3v) is 8.50. The summed E-state index contributed by atoms with van der Waals surface area (Å²) in [5.41, 5.74) is 0.304. The van der Waals surface area contributed by atoms with E-state index < -0.39 is 0 Å². The Hall–Kier alpha value is -0.410. The maximum atomic E-state index is 13.3. The van der Waals surface area contributed by atoms with Crippen LogP contribution in [0.15, 0.2) is 0 Å². The maximum Gasteiger partial charge on any atom is 0.137 e. The van der Waals surface area contributed by atoms with Crippen molar-refractivity contribution in [2.45, 2.75) is 84.3 Å². The third kappa shape index (κ3) is 2.34. The summed E-state index contributed by atoms with van der Waals surface area (Å²) in [5, 5.41) is 10.5. The predicted molar refractivity (Wildman–Crippen MR) is 93.5 cm³/mol. The normalized spacial score (nSPS) is 54.1. The molecule has 4 fully saturated rings. The number of Topliss-reactive ketones (excluding diaryl/α,β-unsaturated/α-hetero) is 1. The van der Waals surface area contributed by atoms with Crippen LogP contribution in [0.25, 0.3) is 0 Å². The van der Waals surface area contributed by atoms with Crippen LogP contribution in [-0.4, -0.2) is 29.7 Å². The van der Waals surface area contributed by atoms with Gasteiger partial charge in [0, 0.05) is 18.9 Å². The van der Waals surface area contributed by atoms with Gasteiger partial charge in [-0.1, -0.05) is 20.3 Å². The van der Waals surface area contributed by atoms with Gasteiger partial charge in [-0.15, -0.1) is 0 Å². The highest BCUT2D eigenvalue weighted by Crippen LogP contribution is 2.65. The Balaban J connectivity index is 1.66. The van der Waals surface area contributed by atoms with E-state index in [1.165, 1.54) is 32.1 Å². The second-order valence-electron chi connectivity index (χ2n) is 9.72. The van der Waals surface area contributed by atoms with Gasteiger partial charge >= 0.3 is 0 Å². The first-order valence-corrected chi connectivity index (χ1v) is 10.2. The molecule has 0 spiro atoms. The van der Waals surface area contributed by atoms with Crippen LogP contribution in [0.4, 0.5) is 0 Å². The topological polar surface area (TPSA) is 46.5 Å². The number of hydrogen-bond donors (Lipinski definition) is 1. The summed E-state index contributed by atoms with van der Waals surface area (Å²) in [4.78, 5) is 13.3. The van der Waals surface area contributed by atoms with Crippen LogP contribution in [0, 0.1) is 34.5 Å². The number of carbonyl (C=O) groups is 1. The molecule has 136 valence electrons. The van der Waals surface area contributed by atoms with Crippen LogP contribution >= 0.6 is 0 Å². The Morgan fingerprint density at radius 2 is 2.04 bits per heavy atom. The van der Waals surface area contributed by atoms with Crippen molar-refractivity contribution in [1.82, 2.24) is 0 Å². The molecule has 0 aromatic rings. The minimum atomic E-state index is -0.352. The fourth-order valence-corrected chi connectivity index (χ4v) is 7.47. The fourth-order valence-electron chi connectivity index (χ4n) is 7.47. The predicted octanol–water partition coefficient (Wildman–Crippen LogP) is 3.97. The van der Waals surface area contributed by atoms with Crippen molar-refractivity contribution in [3.05, 3.63) is 0 Å². The average Bonchev–Trinajstić information content (AvgIpc) is 2.89. The van der Waals surface area contributed by atoms with Crippen molar-refractivity contribution >= 4 is 5.78 Å². The summed E-state index contributed by atoms with van der Waals surface area (Å²) in [6, 6.07) is 0. The Morgan fingerprint density at radius 1 is 1.25 bits per heavy atom. The lowest BCUT2D eigenvalue weighted by atomic mass is 9.44. The molecule has 0 aromatic carbocycles. The molecule has 0 amide bonds. The summed E-state index contributed by atoms with van der Waals surface area (Å²) in [7, 11) is 0. The van der Waals surface area contributed by atoms with Gasteiger partial charge in [-0.2, -0.15) is 0 Å². The molecule has 0 bridgehead atoms. The van der Waals surface area contributed by atoms with Crippen molar-refractivity contribution in [3.63, 3.8) is 0 Å². The molecule has 8 unspecified atom stereocenters. The van der Waals surface area contributed by atoms with Gasteiger partial charge in [0.2, 0.25) is 0 Å². The lowest BCUT2D eigenvalue weighted by Crippen LogP contribution is -2.59. The standard InChI is InChI=1S/C21H34O3/c1-4-24-18-12-21(3)13(10-16(18)22)7-8-14-15-6-5-9-20(15,2)11-17(23)19(14)21/h13-16,18-19,22H,4-12H2,1-3H3. The molecule has 4 saturated carbocycles. The molecule has 8 atom stereocenters. The van der Waals surface area contributed by atoms with E-state index in [1.807, 2.05) is 6.92 Å². The quantitative estimate of drug-likeness (QED) is 0.831. The summed E-state index contributed by atoms with van der Waals surface area (Å²) in [6.45, 7) is 7.37. The third-order valence-electron chi connectivity index (χ3n) is 8.50. The van der Waals surface area contributed by atoms with Crippen molar-refractivity contribution in [3.8, 4) is 0 Å². The molecule has 4 aliphatic rings. The number of carbonyl (C=O) groups excluding carboxylic acids is 1. The van der Waals surface area contributed by atoms with E-state index in [1.54, 1.807) is 0 Å². The van der Waals surface area contributed by atoms with Gasteiger partial charge in [-0.05, 0) is 74.0 Å². The lowest BCUT2D eigenvalue weighted by Gasteiger charge is -2.60. The van der Waals surface area contributed by atoms with Crippen LogP contribution in [0.2, 0.25) is 0 Å². The molecule has 0 aliphatic heterocycles. The number of aliphatic hydroxyl groups excluding tert-OH is 1. The molecular formula is C21H34O3. The molecule has 1 N–H and O–H groups in total. The fraction of sp³-hybridized carbons (Fsp3) is 0.952. The summed E-state index contributed by atoms with van der Waals surface area (Å²) in [6.07, 6.45) is 8.30. The van der Waals surface area contributed by atoms with Crippen LogP contribution in [0.5, 0.6) is 0 Å². The SMILES string of the molecule is CCOC1CC2(C)C(CCC3C4CCCC4(C)CC(=O)C32)CC1O. The lowest BCUT2D eigenvalue weighted by molar-refractivity contribution is -0.177. The highest BCUT2D eigenvalue weighted by atomic mass is 16.5. The summed E-state index contributed by atoms with van der Waals surface area (Å²) >= 11 is 0. The summed E-state index contributed by atoms with van der Waals surface area (Å²) < 4.78 is 5.87. The van der Waals surface area contributed by atoms with E-state index in [4.69, 9.17) is 4.74 Å². The zero-order chi connectivity index (χ0) is 17.1. The van der Waals surface area contributed by atoms with Gasteiger partial charge in [0.05, 0.1) is 12.2 Å². The van der Waals surface area contributed by atoms with Crippen LogP contribution in [0.3, 0.4) is 0 Å². The van der Waals surface area contributed by atoms with Crippen LogP contribution in [0.1, 0.15) is 72.1 Å². The smallest absolute Gasteiger partial charge is 0.137 e. The number of ether oxygens (including phenoxy) is 1. The highest BCUT2D eigenvalue weighted by Gasteiger charge is 2.62. The monoisotopic (exact) mass is 334 g/mol.